The molecule has 0 aromatic heterocycles. The maximum absolute atomic E-state index is 11.3. The summed E-state index contributed by atoms with van der Waals surface area (Å²) in [5.74, 6) is 0.429. The van der Waals surface area contributed by atoms with Crippen LogP contribution in [0.3, 0.4) is 0 Å². The largest absolute Gasteiger partial charge is 0.507 e. The Morgan fingerprint density at radius 1 is 0.824 bits per heavy atom. The lowest BCUT2D eigenvalue weighted by Crippen LogP contribution is -2.48. The second-order valence-electron chi connectivity index (χ2n) is 12.0. The highest BCUT2D eigenvalue weighted by Crippen LogP contribution is 2.43. The highest BCUT2D eigenvalue weighted by Gasteiger charge is 2.32. The number of aliphatic hydroxyl groups excluding tert-OH is 1. The van der Waals surface area contributed by atoms with Crippen molar-refractivity contribution in [1.29, 1.82) is 0 Å². The van der Waals surface area contributed by atoms with Crippen molar-refractivity contribution in [3.63, 3.8) is 0 Å². The number of hydrogen-bond donors (Lipinski definition) is 2. The van der Waals surface area contributed by atoms with Crippen LogP contribution in [-0.4, -0.2) is 73.4 Å². The molecule has 0 spiro atoms. The topological polar surface area (TPSA) is 50.2 Å². The Morgan fingerprint density at radius 3 is 1.74 bits per heavy atom. The minimum Gasteiger partial charge on any atom is -0.507 e. The third-order valence-corrected chi connectivity index (χ3v) is 6.98. The fourth-order valence-electron chi connectivity index (χ4n) is 4.91. The minimum atomic E-state index is -0.167. The Balaban J connectivity index is 2.14. The third kappa shape index (κ3) is 5.94. The van der Waals surface area contributed by atoms with Gasteiger partial charge in [0, 0.05) is 52.5 Å². The Hall–Kier alpha value is -2.08. The Labute approximate surface area is 207 Å². The molecule has 0 aliphatic carbocycles. The summed E-state index contributed by atoms with van der Waals surface area (Å²) in [6, 6.07) is 13.5. The van der Waals surface area contributed by atoms with E-state index in [9.17, 15) is 10.2 Å². The van der Waals surface area contributed by atoms with E-state index in [1.165, 1.54) is 16.8 Å². The van der Waals surface area contributed by atoms with E-state index in [1.54, 1.807) is 0 Å². The van der Waals surface area contributed by atoms with E-state index in [0.29, 0.717) is 5.75 Å². The van der Waals surface area contributed by atoms with Gasteiger partial charge in [0.2, 0.25) is 0 Å². The highest BCUT2D eigenvalue weighted by atomic mass is 16.3. The fourth-order valence-corrected chi connectivity index (χ4v) is 4.91. The molecule has 0 amide bonds. The summed E-state index contributed by atoms with van der Waals surface area (Å²) >= 11 is 0. The van der Waals surface area contributed by atoms with Crippen LogP contribution in [-0.2, 0) is 10.8 Å². The molecule has 0 bridgehead atoms. The van der Waals surface area contributed by atoms with Crippen LogP contribution in [0.2, 0.25) is 0 Å². The molecular formula is C29H45N3O2. The van der Waals surface area contributed by atoms with Crippen molar-refractivity contribution in [2.45, 2.75) is 58.4 Å². The van der Waals surface area contributed by atoms with Crippen LogP contribution in [0.15, 0.2) is 36.4 Å². The first kappa shape index (κ1) is 26.5. The zero-order chi connectivity index (χ0) is 25.3. The van der Waals surface area contributed by atoms with Gasteiger partial charge in [-0.05, 0) is 57.3 Å². The van der Waals surface area contributed by atoms with Crippen molar-refractivity contribution in [3.05, 3.63) is 58.7 Å². The number of benzene rings is 2. The van der Waals surface area contributed by atoms with Crippen molar-refractivity contribution in [2.24, 2.45) is 0 Å². The van der Waals surface area contributed by atoms with Crippen molar-refractivity contribution in [1.82, 2.24) is 9.80 Å². The average Bonchev–Trinajstić information content (AvgIpc) is 2.75. The summed E-state index contributed by atoms with van der Waals surface area (Å²) in [5, 5.41) is 20.7. The predicted octanol–water partition coefficient (Wildman–Crippen LogP) is 4.75. The van der Waals surface area contributed by atoms with E-state index in [4.69, 9.17) is 0 Å². The van der Waals surface area contributed by atoms with Crippen molar-refractivity contribution >= 4 is 5.69 Å². The van der Waals surface area contributed by atoms with Gasteiger partial charge in [-0.25, -0.2) is 0 Å². The van der Waals surface area contributed by atoms with E-state index in [-0.39, 0.29) is 23.5 Å². The molecule has 1 atom stereocenters. The summed E-state index contributed by atoms with van der Waals surface area (Å²) in [6.07, 6.45) is 0. The van der Waals surface area contributed by atoms with Gasteiger partial charge in [-0.2, -0.15) is 0 Å². The lowest BCUT2D eigenvalue weighted by Gasteiger charge is -2.40. The third-order valence-electron chi connectivity index (χ3n) is 6.98. The van der Waals surface area contributed by atoms with Crippen LogP contribution < -0.4 is 4.90 Å². The molecule has 1 aliphatic rings. The summed E-state index contributed by atoms with van der Waals surface area (Å²) in [7, 11) is 4.14. The molecule has 5 heteroatoms. The molecule has 3 rings (SSSR count). The number of phenolic OH excluding ortho intramolecular Hbond substituents is 1. The number of hydrogen-bond acceptors (Lipinski definition) is 5. The number of rotatable bonds is 6. The first-order chi connectivity index (χ1) is 15.8. The Kier molecular flexibility index (Phi) is 8.01. The van der Waals surface area contributed by atoms with Gasteiger partial charge < -0.3 is 15.1 Å². The number of anilines is 1. The number of nitrogens with zero attached hydrogens (tertiary/aromatic N) is 3. The maximum atomic E-state index is 11.3. The standard InChI is InChI=1S/C29H45N3O2/c1-28(2,3)24-19-22(20-25(27(24)34)29(4,5)6)26(21-9-11-23(12-10-21)30(7)8)32-15-13-31(14-16-32)17-18-33/h9-12,19-20,26,33-34H,13-18H2,1-8H3/t26-/m1/s1. The SMILES string of the molecule is CN(C)c1ccc([C@H](c2cc(C(C)(C)C)c(O)c(C(C)(C)C)c2)N2CCN(CCO)CC2)cc1. The summed E-state index contributed by atoms with van der Waals surface area (Å²) < 4.78 is 0. The van der Waals surface area contributed by atoms with Gasteiger partial charge in [-0.1, -0.05) is 53.7 Å². The van der Waals surface area contributed by atoms with Crippen molar-refractivity contribution in [3.8, 4) is 5.75 Å². The van der Waals surface area contributed by atoms with Gasteiger partial charge in [0.25, 0.3) is 0 Å². The lowest BCUT2D eigenvalue weighted by atomic mass is 9.77. The summed E-state index contributed by atoms with van der Waals surface area (Å²) in [6.45, 7) is 17.8. The summed E-state index contributed by atoms with van der Waals surface area (Å²) in [5.41, 5.74) is 5.37. The molecule has 34 heavy (non-hydrogen) atoms. The molecule has 0 unspecified atom stereocenters. The van der Waals surface area contributed by atoms with Gasteiger partial charge in [0.15, 0.2) is 0 Å². The van der Waals surface area contributed by atoms with Gasteiger partial charge in [-0.15, -0.1) is 0 Å². The van der Waals surface area contributed by atoms with Crippen LogP contribution in [0.5, 0.6) is 5.75 Å². The zero-order valence-electron chi connectivity index (χ0n) is 22.5. The normalized spacial score (nSPS) is 17.1. The first-order valence-electron chi connectivity index (χ1n) is 12.6. The second-order valence-corrected chi connectivity index (χ2v) is 12.0. The van der Waals surface area contributed by atoms with Gasteiger partial charge >= 0.3 is 0 Å². The lowest BCUT2D eigenvalue weighted by molar-refractivity contribution is 0.0944. The van der Waals surface area contributed by atoms with E-state index in [1.807, 2.05) is 0 Å². The number of aliphatic hydroxyl groups is 1. The van der Waals surface area contributed by atoms with Crippen molar-refractivity contribution < 1.29 is 10.2 Å². The van der Waals surface area contributed by atoms with E-state index < -0.39 is 0 Å². The predicted molar refractivity (Wildman–Crippen MR) is 143 cm³/mol. The molecule has 1 fully saturated rings. The molecule has 1 saturated heterocycles. The fraction of sp³-hybridized carbons (Fsp3) is 0.586. The van der Waals surface area contributed by atoms with Crippen LogP contribution in [0.25, 0.3) is 0 Å². The molecule has 0 radical (unpaired) electrons. The van der Waals surface area contributed by atoms with Gasteiger partial charge in [0.05, 0.1) is 12.6 Å². The zero-order valence-corrected chi connectivity index (χ0v) is 22.5. The van der Waals surface area contributed by atoms with Gasteiger partial charge in [0.1, 0.15) is 5.75 Å². The Bertz CT molecular complexity index is 912. The molecule has 1 heterocycles. The van der Waals surface area contributed by atoms with E-state index in [2.05, 4.69) is 107 Å². The molecule has 0 saturated carbocycles. The second kappa shape index (κ2) is 10.3. The van der Waals surface area contributed by atoms with Crippen LogP contribution in [0, 0.1) is 0 Å². The molecule has 2 N–H and O–H groups in total. The molecule has 1 aliphatic heterocycles. The number of phenols is 1. The average molecular weight is 468 g/mol. The number of piperazine rings is 1. The Morgan fingerprint density at radius 2 is 1.32 bits per heavy atom. The minimum absolute atomic E-state index is 0.107. The van der Waals surface area contributed by atoms with E-state index in [0.717, 1.165) is 43.9 Å². The van der Waals surface area contributed by atoms with Crippen LogP contribution >= 0.6 is 0 Å². The highest BCUT2D eigenvalue weighted by molar-refractivity contribution is 5.53. The molecule has 5 nitrogen and oxygen atoms in total. The van der Waals surface area contributed by atoms with Crippen LogP contribution in [0.4, 0.5) is 5.69 Å². The molecule has 2 aromatic rings. The maximum Gasteiger partial charge on any atom is 0.123 e. The molecule has 188 valence electrons. The molecular weight excluding hydrogens is 422 g/mol. The van der Waals surface area contributed by atoms with Crippen molar-refractivity contribution in [2.75, 3.05) is 58.3 Å². The van der Waals surface area contributed by atoms with Gasteiger partial charge in [-0.3, -0.25) is 9.80 Å². The summed E-state index contributed by atoms with van der Waals surface area (Å²) in [4.78, 5) is 7.02. The van der Waals surface area contributed by atoms with Crippen LogP contribution in [0.1, 0.15) is 69.8 Å². The first-order valence-corrected chi connectivity index (χ1v) is 12.6. The number of aromatic hydroxyl groups is 1. The van der Waals surface area contributed by atoms with E-state index >= 15 is 0 Å². The smallest absolute Gasteiger partial charge is 0.123 e. The number of β-amino-alcohol motifs (C(OH)–C–C–N with tert-alkyl or cyclic N) is 1. The molecule has 2 aromatic carbocycles. The monoisotopic (exact) mass is 467 g/mol. The quantitative estimate of drug-likeness (QED) is 0.642.